The summed E-state index contributed by atoms with van der Waals surface area (Å²) in [6, 6.07) is -1.95. The van der Waals surface area contributed by atoms with Gasteiger partial charge in [0.05, 0.1) is 17.2 Å². The Morgan fingerprint density at radius 3 is 1.82 bits per heavy atom. The molecule has 1 aliphatic rings. The van der Waals surface area contributed by atoms with Crippen LogP contribution in [-0.4, -0.2) is 24.1 Å². The Bertz CT molecular complexity index is 376. The molecule has 0 amide bonds. The van der Waals surface area contributed by atoms with Crippen molar-refractivity contribution < 1.29 is 26.3 Å². The smallest absolute Gasteiger partial charge is 0.321 e. The third kappa shape index (κ3) is 2.79. The van der Waals surface area contributed by atoms with Crippen molar-refractivity contribution in [2.45, 2.75) is 24.1 Å². The Morgan fingerprint density at radius 2 is 1.47 bits per heavy atom. The molecule has 17 heavy (non-hydrogen) atoms. The Hall–Kier alpha value is -1.06. The first-order chi connectivity index (χ1) is 7.36. The number of nitrogens with two attached hydrogens (primary N) is 3. The van der Waals surface area contributed by atoms with Gasteiger partial charge in [0.2, 0.25) is 0 Å². The van der Waals surface area contributed by atoms with Crippen LogP contribution in [0.25, 0.3) is 0 Å². The van der Waals surface area contributed by atoms with E-state index in [-0.39, 0.29) is 12.2 Å². The first kappa shape index (κ1) is 14.0. The molecule has 0 saturated heterocycles. The molecule has 0 heterocycles. The van der Waals surface area contributed by atoms with Crippen molar-refractivity contribution in [2.75, 3.05) is 0 Å². The summed E-state index contributed by atoms with van der Waals surface area (Å²) in [5, 5.41) is 0. The Labute approximate surface area is 91.9 Å². The molecule has 0 aromatic heterocycles. The third-order valence-corrected chi connectivity index (χ3v) is 2.24. The van der Waals surface area contributed by atoms with Crippen molar-refractivity contribution in [1.29, 1.82) is 0 Å². The first-order valence-corrected chi connectivity index (χ1v) is 4.28. The average Bonchev–Trinajstić information content (AvgIpc) is 2.05. The lowest BCUT2D eigenvalue weighted by atomic mass is 9.86. The molecule has 0 saturated carbocycles. The lowest BCUT2D eigenvalue weighted by Gasteiger charge is -2.35. The van der Waals surface area contributed by atoms with Crippen LogP contribution in [0.2, 0.25) is 0 Å². The van der Waals surface area contributed by atoms with Gasteiger partial charge < -0.3 is 17.2 Å². The minimum atomic E-state index is -5.02. The van der Waals surface area contributed by atoms with Gasteiger partial charge in [-0.05, 0) is 12.2 Å². The Morgan fingerprint density at radius 1 is 1.00 bits per heavy atom. The second-order valence-corrected chi connectivity index (χ2v) is 3.67. The van der Waals surface area contributed by atoms with E-state index in [4.69, 9.17) is 17.2 Å². The van der Waals surface area contributed by atoms with Crippen molar-refractivity contribution >= 4 is 0 Å². The molecule has 0 radical (unpaired) electrons. The molecule has 1 atom stereocenters. The van der Waals surface area contributed by atoms with Crippen molar-refractivity contribution in [2.24, 2.45) is 17.2 Å². The molecule has 1 unspecified atom stereocenters. The van der Waals surface area contributed by atoms with Crippen LogP contribution >= 0.6 is 0 Å². The molecule has 1 rings (SSSR count). The van der Waals surface area contributed by atoms with Crippen LogP contribution in [0.3, 0.4) is 0 Å². The van der Waals surface area contributed by atoms with Gasteiger partial charge in [0.25, 0.3) is 0 Å². The van der Waals surface area contributed by atoms with Crippen LogP contribution in [0.1, 0.15) is 0 Å². The zero-order valence-corrected chi connectivity index (χ0v) is 8.23. The maximum Gasteiger partial charge on any atom is 0.416 e. The van der Waals surface area contributed by atoms with Gasteiger partial charge in [0, 0.05) is 0 Å². The highest BCUT2D eigenvalue weighted by Gasteiger charge is 2.48. The molecular weight excluding hydrogens is 252 g/mol. The highest BCUT2D eigenvalue weighted by atomic mass is 19.4. The maximum atomic E-state index is 12.4. The van der Waals surface area contributed by atoms with Crippen molar-refractivity contribution in [3.05, 3.63) is 23.3 Å². The van der Waals surface area contributed by atoms with E-state index >= 15 is 0 Å². The topological polar surface area (TPSA) is 78.1 Å². The number of alkyl halides is 6. The molecule has 0 aromatic carbocycles. The number of hydrogen-bond acceptors (Lipinski definition) is 3. The van der Waals surface area contributed by atoms with Crippen LogP contribution in [0.5, 0.6) is 0 Å². The lowest BCUT2D eigenvalue weighted by molar-refractivity contribution is -0.102. The monoisotopic (exact) mass is 261 g/mol. The number of rotatable bonds is 0. The fourth-order valence-corrected chi connectivity index (χ4v) is 1.35. The Balaban J connectivity index is 3.32. The molecule has 3 nitrogen and oxygen atoms in total. The van der Waals surface area contributed by atoms with Gasteiger partial charge in [-0.2, -0.15) is 26.3 Å². The van der Waals surface area contributed by atoms with Crippen molar-refractivity contribution in [3.8, 4) is 0 Å². The fourth-order valence-electron chi connectivity index (χ4n) is 1.35. The highest BCUT2D eigenvalue weighted by Crippen LogP contribution is 2.38. The molecule has 0 aromatic rings. The van der Waals surface area contributed by atoms with E-state index < -0.39 is 35.2 Å². The quantitative estimate of drug-likeness (QED) is 0.448. The predicted molar refractivity (Wildman–Crippen MR) is 47.4 cm³/mol. The summed E-state index contributed by atoms with van der Waals surface area (Å²) in [5.74, 6) is 0. The third-order valence-electron chi connectivity index (χ3n) is 2.24. The van der Waals surface area contributed by atoms with E-state index in [0.29, 0.717) is 0 Å². The van der Waals surface area contributed by atoms with E-state index in [0.717, 1.165) is 0 Å². The lowest BCUT2D eigenvalue weighted by Crippen LogP contribution is -2.64. The van der Waals surface area contributed by atoms with Gasteiger partial charge >= 0.3 is 12.4 Å². The number of halogens is 6. The molecule has 0 bridgehead atoms. The summed E-state index contributed by atoms with van der Waals surface area (Å²) in [4.78, 5) is 0. The van der Waals surface area contributed by atoms with Crippen LogP contribution in [0.15, 0.2) is 23.3 Å². The van der Waals surface area contributed by atoms with Crippen LogP contribution in [0.4, 0.5) is 26.3 Å². The van der Waals surface area contributed by atoms with Gasteiger partial charge in [-0.3, -0.25) is 0 Å². The molecule has 6 N–H and O–H groups in total. The highest BCUT2D eigenvalue weighted by molar-refractivity contribution is 5.42. The average molecular weight is 261 g/mol. The zero-order chi connectivity index (χ0) is 13.6. The van der Waals surface area contributed by atoms with Crippen LogP contribution < -0.4 is 17.2 Å². The number of allylic oxidation sites excluding steroid dienone is 2. The standard InChI is InChI=1S/C8H9F6N3/c9-7(10,11)3-1-4(8(12,13)14)5(15)6(16,17)2-3/h1-2,5H,15-17H2. The maximum absolute atomic E-state index is 12.4. The second kappa shape index (κ2) is 3.72. The van der Waals surface area contributed by atoms with E-state index in [1.54, 1.807) is 0 Å². The van der Waals surface area contributed by atoms with Gasteiger partial charge in [-0.1, -0.05) is 0 Å². The van der Waals surface area contributed by atoms with E-state index in [2.05, 4.69) is 0 Å². The summed E-state index contributed by atoms with van der Waals surface area (Å²) < 4.78 is 74.4. The van der Waals surface area contributed by atoms with Crippen LogP contribution in [0, 0.1) is 0 Å². The van der Waals surface area contributed by atoms with Gasteiger partial charge in [-0.15, -0.1) is 0 Å². The fraction of sp³-hybridized carbons (Fsp3) is 0.500. The van der Waals surface area contributed by atoms with Gasteiger partial charge in [-0.25, -0.2) is 0 Å². The van der Waals surface area contributed by atoms with E-state index in [1.807, 2.05) is 0 Å². The Kier molecular flexibility index (Phi) is 3.06. The molecule has 1 aliphatic carbocycles. The summed E-state index contributed by atoms with van der Waals surface area (Å²) in [6.45, 7) is 0. The molecule has 0 aliphatic heterocycles. The predicted octanol–water partition coefficient (Wildman–Crippen LogP) is 0.918. The van der Waals surface area contributed by atoms with E-state index in [1.165, 1.54) is 0 Å². The molecule has 0 fully saturated rings. The number of hydrogen-bond donors (Lipinski definition) is 3. The summed E-state index contributed by atoms with van der Waals surface area (Å²) in [7, 11) is 0. The van der Waals surface area contributed by atoms with Crippen molar-refractivity contribution in [3.63, 3.8) is 0 Å². The van der Waals surface area contributed by atoms with Gasteiger partial charge in [0.1, 0.15) is 5.66 Å². The molecule has 0 spiro atoms. The summed E-state index contributed by atoms with van der Waals surface area (Å²) in [6.07, 6.45) is -9.79. The first-order valence-electron chi connectivity index (χ1n) is 4.28. The summed E-state index contributed by atoms with van der Waals surface area (Å²) in [5.41, 5.74) is 9.80. The minimum absolute atomic E-state index is 0.0807. The zero-order valence-electron chi connectivity index (χ0n) is 8.23. The molecular formula is C8H9F6N3. The molecule has 98 valence electrons. The largest absolute Gasteiger partial charge is 0.416 e. The van der Waals surface area contributed by atoms with Crippen molar-refractivity contribution in [1.82, 2.24) is 0 Å². The van der Waals surface area contributed by atoms with Crippen LogP contribution in [-0.2, 0) is 0 Å². The minimum Gasteiger partial charge on any atom is -0.321 e. The summed E-state index contributed by atoms with van der Waals surface area (Å²) >= 11 is 0. The van der Waals surface area contributed by atoms with E-state index in [9.17, 15) is 26.3 Å². The SMILES string of the molecule is NC1C(C(F)(F)F)=CC(C(F)(F)F)=CC1(N)N. The normalized spacial score (nSPS) is 25.4. The second-order valence-electron chi connectivity index (χ2n) is 3.67. The van der Waals surface area contributed by atoms with Gasteiger partial charge in [0.15, 0.2) is 0 Å². The molecule has 9 heteroatoms.